The van der Waals surface area contributed by atoms with E-state index in [-0.39, 0.29) is 57.7 Å². The number of carbonyl (C=O) groups excluding carboxylic acids is 4. The molecular formula is C34H40Cl2N2O10. The topological polar surface area (TPSA) is 185 Å². The molecule has 0 aromatic heterocycles. The van der Waals surface area contributed by atoms with Crippen molar-refractivity contribution in [1.82, 2.24) is 10.6 Å². The third-order valence-electron chi connectivity index (χ3n) is 8.05. The molecule has 4 atom stereocenters. The molecule has 0 unspecified atom stereocenters. The van der Waals surface area contributed by atoms with Gasteiger partial charge in [0.1, 0.15) is 24.7 Å². The number of hydrogen-bond donors (Lipinski definition) is 4. The standard InChI is InChI=1S/C34H40Cl2N2O10/c1-17(2)25-15-47-29-7-5-21(35)13-23(29)27(39)10-20(34(45)46)12-32(42)38-26(18(3)4)16-48-30-8-6-22(36)14-24(30)28(40)9-19(33(43)44)11-31(41)37-25/h5-8,13-14,17-20,25-26H,9-12,15-16H2,1-4H3,(H,37,41)(H,38,42)(H,43,44)(H,45,46)/t19-,20-,25+,26+/m0/s1. The fraction of sp³-hybridized carbons (Fsp3) is 0.471. The zero-order valence-electron chi connectivity index (χ0n) is 27.1. The molecule has 0 saturated carbocycles. The minimum atomic E-state index is -1.37. The van der Waals surface area contributed by atoms with Gasteiger partial charge in [0.15, 0.2) is 11.6 Å². The number of nitrogens with one attached hydrogen (secondary N) is 2. The van der Waals surface area contributed by atoms with Crippen molar-refractivity contribution in [2.24, 2.45) is 23.7 Å². The molecule has 0 radical (unpaired) electrons. The lowest BCUT2D eigenvalue weighted by molar-refractivity contribution is -0.144. The van der Waals surface area contributed by atoms with Crippen molar-refractivity contribution in [1.29, 1.82) is 0 Å². The first-order valence-electron chi connectivity index (χ1n) is 15.5. The zero-order chi connectivity index (χ0) is 35.7. The molecule has 0 fully saturated rings. The van der Waals surface area contributed by atoms with E-state index >= 15 is 0 Å². The van der Waals surface area contributed by atoms with Crippen LogP contribution in [0.4, 0.5) is 0 Å². The van der Waals surface area contributed by atoms with Crippen molar-refractivity contribution in [3.05, 3.63) is 57.6 Å². The Morgan fingerprint density at radius 2 is 1.02 bits per heavy atom. The van der Waals surface area contributed by atoms with E-state index in [1.807, 2.05) is 0 Å². The van der Waals surface area contributed by atoms with Crippen LogP contribution < -0.4 is 20.1 Å². The summed E-state index contributed by atoms with van der Waals surface area (Å²) in [5, 5.41) is 25.7. The zero-order valence-corrected chi connectivity index (χ0v) is 28.6. The molecule has 0 aliphatic carbocycles. The molecule has 48 heavy (non-hydrogen) atoms. The summed E-state index contributed by atoms with van der Waals surface area (Å²) in [7, 11) is 0. The van der Waals surface area contributed by atoms with Crippen LogP contribution in [0.2, 0.25) is 10.0 Å². The number of amides is 2. The number of ether oxygens (including phenoxy) is 2. The molecule has 3 rings (SSSR count). The number of carbonyl (C=O) groups is 6. The molecule has 0 bridgehead atoms. The van der Waals surface area contributed by atoms with E-state index in [0.717, 1.165) is 0 Å². The van der Waals surface area contributed by atoms with Crippen LogP contribution >= 0.6 is 23.2 Å². The highest BCUT2D eigenvalue weighted by molar-refractivity contribution is 6.31. The third kappa shape index (κ3) is 10.9. The van der Waals surface area contributed by atoms with Gasteiger partial charge in [0.2, 0.25) is 11.8 Å². The van der Waals surface area contributed by atoms with Gasteiger partial charge in [0.25, 0.3) is 0 Å². The number of aliphatic carboxylic acids is 2. The van der Waals surface area contributed by atoms with E-state index in [4.69, 9.17) is 32.7 Å². The van der Waals surface area contributed by atoms with Gasteiger partial charge in [-0.05, 0) is 48.2 Å². The second-order valence-corrected chi connectivity index (χ2v) is 13.3. The van der Waals surface area contributed by atoms with Crippen LogP contribution in [0.25, 0.3) is 0 Å². The van der Waals surface area contributed by atoms with Gasteiger partial charge in [-0.25, -0.2) is 0 Å². The Morgan fingerprint density at radius 3 is 1.33 bits per heavy atom. The van der Waals surface area contributed by atoms with E-state index in [0.29, 0.717) is 0 Å². The Labute approximate surface area is 288 Å². The summed E-state index contributed by atoms with van der Waals surface area (Å²) < 4.78 is 11.9. The molecule has 1 heterocycles. The van der Waals surface area contributed by atoms with Crippen LogP contribution in [0.1, 0.15) is 74.1 Å². The molecule has 2 aromatic carbocycles. The van der Waals surface area contributed by atoms with Gasteiger partial charge in [-0.1, -0.05) is 50.9 Å². The molecule has 2 amide bonds. The number of Topliss-reactive ketones (excluding diaryl/α,β-unsaturated/α-hetero) is 2. The van der Waals surface area contributed by atoms with Gasteiger partial charge in [-0.2, -0.15) is 0 Å². The number of halogens is 2. The normalized spacial score (nSPS) is 22.2. The third-order valence-corrected chi connectivity index (χ3v) is 8.52. The monoisotopic (exact) mass is 706 g/mol. The summed E-state index contributed by atoms with van der Waals surface area (Å²) >= 11 is 12.3. The summed E-state index contributed by atoms with van der Waals surface area (Å²) in [6.45, 7) is 6.95. The number of hydrogen-bond acceptors (Lipinski definition) is 8. The summed E-state index contributed by atoms with van der Waals surface area (Å²) in [5.74, 6) is -8.17. The minimum absolute atomic E-state index is 0.00168. The largest absolute Gasteiger partial charge is 0.491 e. The van der Waals surface area contributed by atoms with E-state index < -0.39 is 84.9 Å². The molecule has 12 nitrogen and oxygen atoms in total. The number of fused-ring (bicyclic) bond motifs is 2. The molecule has 1 aliphatic heterocycles. The van der Waals surface area contributed by atoms with Crippen LogP contribution in [0.5, 0.6) is 11.5 Å². The van der Waals surface area contributed by atoms with Crippen molar-refractivity contribution in [3.8, 4) is 11.5 Å². The van der Waals surface area contributed by atoms with Crippen molar-refractivity contribution in [2.75, 3.05) is 13.2 Å². The smallest absolute Gasteiger partial charge is 0.307 e. The van der Waals surface area contributed by atoms with Gasteiger partial charge in [0.05, 0.1) is 35.0 Å². The number of benzene rings is 2. The van der Waals surface area contributed by atoms with E-state index in [1.54, 1.807) is 27.7 Å². The van der Waals surface area contributed by atoms with Crippen molar-refractivity contribution in [3.63, 3.8) is 0 Å². The van der Waals surface area contributed by atoms with Crippen molar-refractivity contribution >= 4 is 58.5 Å². The molecule has 14 heteroatoms. The van der Waals surface area contributed by atoms with Gasteiger partial charge >= 0.3 is 11.9 Å². The van der Waals surface area contributed by atoms with Crippen LogP contribution in [-0.4, -0.2) is 70.8 Å². The maximum absolute atomic E-state index is 13.4. The molecule has 2 aromatic rings. The lowest BCUT2D eigenvalue weighted by Gasteiger charge is -2.25. The molecular weight excluding hydrogens is 667 g/mol. The highest BCUT2D eigenvalue weighted by atomic mass is 35.5. The Morgan fingerprint density at radius 1 is 0.667 bits per heavy atom. The van der Waals surface area contributed by atoms with Crippen LogP contribution in [0, 0.1) is 23.7 Å². The molecule has 4 N–H and O–H groups in total. The Bertz CT molecular complexity index is 1430. The first-order valence-corrected chi connectivity index (χ1v) is 16.3. The molecule has 0 saturated heterocycles. The molecule has 0 spiro atoms. The van der Waals surface area contributed by atoms with Gasteiger partial charge in [-0.15, -0.1) is 0 Å². The Kier molecular flexibility index (Phi) is 13.8. The van der Waals surface area contributed by atoms with Gasteiger partial charge < -0.3 is 30.3 Å². The number of rotatable bonds is 4. The first-order chi connectivity index (χ1) is 22.5. The lowest BCUT2D eigenvalue weighted by Crippen LogP contribution is -2.44. The summed E-state index contributed by atoms with van der Waals surface area (Å²) in [6.07, 6.45) is -2.08. The van der Waals surface area contributed by atoms with E-state index in [1.165, 1.54) is 36.4 Å². The highest BCUT2D eigenvalue weighted by Gasteiger charge is 2.31. The average Bonchev–Trinajstić information content (AvgIpc) is 3.00. The molecule has 1 aliphatic rings. The first kappa shape index (κ1) is 38.3. The van der Waals surface area contributed by atoms with Crippen LogP contribution in [-0.2, 0) is 19.2 Å². The predicted octanol–water partition coefficient (Wildman–Crippen LogP) is 5.07. The lowest BCUT2D eigenvalue weighted by atomic mass is 9.94. The second kappa shape index (κ2) is 17.3. The SMILES string of the molecule is CC(C)[C@H]1COc2ccc(Cl)cc2C(=O)C[C@H](C(=O)O)CC(=O)N[C@@H](C(C)C)COc2ccc(Cl)cc2C(=O)C[C@H](C(=O)O)CC(=O)N1. The quantitative estimate of drug-likeness (QED) is 0.334. The highest BCUT2D eigenvalue weighted by Crippen LogP contribution is 2.29. The van der Waals surface area contributed by atoms with Crippen LogP contribution in [0.3, 0.4) is 0 Å². The van der Waals surface area contributed by atoms with Crippen LogP contribution in [0.15, 0.2) is 36.4 Å². The number of ketones is 2. The Hall–Kier alpha value is -4.16. The maximum atomic E-state index is 13.4. The summed E-state index contributed by atoms with van der Waals surface area (Å²) in [5.41, 5.74) is 0.00335. The average molecular weight is 708 g/mol. The molecule has 260 valence electrons. The maximum Gasteiger partial charge on any atom is 0.307 e. The van der Waals surface area contributed by atoms with Crippen molar-refractivity contribution in [2.45, 2.75) is 65.5 Å². The fourth-order valence-electron chi connectivity index (χ4n) is 4.99. The summed E-state index contributed by atoms with van der Waals surface area (Å²) in [6, 6.07) is 7.25. The minimum Gasteiger partial charge on any atom is -0.491 e. The summed E-state index contributed by atoms with van der Waals surface area (Å²) in [4.78, 5) is 77.4. The Balaban J connectivity index is 2.02. The van der Waals surface area contributed by atoms with E-state index in [2.05, 4.69) is 10.6 Å². The second-order valence-electron chi connectivity index (χ2n) is 12.5. The fourth-order valence-corrected chi connectivity index (χ4v) is 5.34. The predicted molar refractivity (Wildman–Crippen MR) is 177 cm³/mol. The van der Waals surface area contributed by atoms with Crippen molar-refractivity contribution < 1.29 is 48.5 Å². The van der Waals surface area contributed by atoms with Gasteiger partial charge in [-0.3, -0.25) is 28.8 Å². The number of carboxylic acid groups (broad SMARTS) is 2. The number of carboxylic acids is 2. The van der Waals surface area contributed by atoms with Gasteiger partial charge in [0, 0.05) is 35.7 Å². The van der Waals surface area contributed by atoms with E-state index in [9.17, 15) is 39.0 Å².